The molecule has 2 amide bonds. The summed E-state index contributed by atoms with van der Waals surface area (Å²) in [6.07, 6.45) is 1.48. The number of ether oxygens (including phenoxy) is 4. The van der Waals surface area contributed by atoms with Crippen LogP contribution in [-0.4, -0.2) is 43.6 Å². The van der Waals surface area contributed by atoms with Crippen LogP contribution < -0.4 is 29.7 Å². The average molecular weight is 548 g/mol. The number of carbonyl (C=O) groups excluding carboxylic acids is 2. The molecule has 2 aromatic carbocycles. The fourth-order valence-electron chi connectivity index (χ4n) is 3.31. The maximum absolute atomic E-state index is 12.8. The SMILES string of the molecule is CCOc1cc(C=NNC(=O)C(NC(=O)c2ccc3c(c2)OCO3)C(C)C)cc(Br)c1OC(C)C. The lowest BCUT2D eigenvalue weighted by Crippen LogP contribution is -2.48. The number of carbonyl (C=O) groups is 2. The molecule has 1 aliphatic rings. The van der Waals surface area contributed by atoms with E-state index in [0.717, 1.165) is 0 Å². The minimum absolute atomic E-state index is 0.0230. The standard InChI is InChI=1S/C25H30BrN3O6/c1-6-32-21-10-16(9-18(26)23(21)35-15(4)5)12-27-29-25(31)22(14(2)3)28-24(30)17-7-8-19-20(11-17)34-13-33-19/h7-12,14-15,22H,6,13H2,1-5H3,(H,28,30)(H,29,31). The van der Waals surface area contributed by atoms with Crippen molar-refractivity contribution < 1.29 is 28.5 Å². The Hall–Kier alpha value is -3.27. The monoisotopic (exact) mass is 547 g/mol. The fraction of sp³-hybridized carbons (Fsp3) is 0.400. The number of amides is 2. The third-order valence-electron chi connectivity index (χ3n) is 4.94. The molecule has 0 saturated carbocycles. The van der Waals surface area contributed by atoms with E-state index in [1.807, 2.05) is 40.7 Å². The van der Waals surface area contributed by atoms with Crippen LogP contribution in [0.2, 0.25) is 0 Å². The molecule has 3 rings (SSSR count). The lowest BCUT2D eigenvalue weighted by Gasteiger charge is -2.20. The number of benzene rings is 2. The first-order chi connectivity index (χ1) is 16.7. The van der Waals surface area contributed by atoms with Gasteiger partial charge in [0.05, 0.1) is 23.4 Å². The van der Waals surface area contributed by atoms with Crippen molar-refractivity contribution in [1.82, 2.24) is 10.7 Å². The third-order valence-corrected chi connectivity index (χ3v) is 5.53. The van der Waals surface area contributed by atoms with Gasteiger partial charge in [-0.25, -0.2) is 5.43 Å². The molecule has 0 saturated heterocycles. The van der Waals surface area contributed by atoms with E-state index in [0.29, 0.717) is 45.2 Å². The predicted molar refractivity (Wildman–Crippen MR) is 135 cm³/mol. The molecular formula is C25H30BrN3O6. The van der Waals surface area contributed by atoms with Gasteiger partial charge in [0.25, 0.3) is 11.8 Å². The molecule has 35 heavy (non-hydrogen) atoms. The van der Waals surface area contributed by atoms with Gasteiger partial charge >= 0.3 is 0 Å². The zero-order valence-electron chi connectivity index (χ0n) is 20.4. The van der Waals surface area contributed by atoms with E-state index < -0.39 is 17.9 Å². The van der Waals surface area contributed by atoms with Crippen molar-refractivity contribution in [2.24, 2.45) is 11.0 Å². The molecule has 0 fully saturated rings. The lowest BCUT2D eigenvalue weighted by molar-refractivity contribution is -0.123. The second kappa shape index (κ2) is 11.9. The highest BCUT2D eigenvalue weighted by atomic mass is 79.9. The van der Waals surface area contributed by atoms with Crippen molar-refractivity contribution >= 4 is 34.0 Å². The van der Waals surface area contributed by atoms with E-state index in [1.54, 1.807) is 24.3 Å². The molecule has 0 aromatic heterocycles. The molecule has 1 aliphatic heterocycles. The van der Waals surface area contributed by atoms with Gasteiger partial charge in [-0.1, -0.05) is 13.8 Å². The summed E-state index contributed by atoms with van der Waals surface area (Å²) in [6.45, 7) is 10.0. The molecule has 10 heteroatoms. The van der Waals surface area contributed by atoms with Crippen LogP contribution in [0.4, 0.5) is 0 Å². The van der Waals surface area contributed by atoms with Gasteiger partial charge in [0.1, 0.15) is 6.04 Å². The molecule has 2 aromatic rings. The Morgan fingerprint density at radius 2 is 1.89 bits per heavy atom. The minimum Gasteiger partial charge on any atom is -0.490 e. The summed E-state index contributed by atoms with van der Waals surface area (Å²) in [7, 11) is 0. The van der Waals surface area contributed by atoms with Crippen molar-refractivity contribution in [3.63, 3.8) is 0 Å². The first kappa shape index (κ1) is 26.3. The van der Waals surface area contributed by atoms with Gasteiger partial charge in [0, 0.05) is 5.56 Å². The Labute approximate surface area is 213 Å². The maximum atomic E-state index is 12.8. The van der Waals surface area contributed by atoms with Crippen molar-refractivity contribution in [3.05, 3.63) is 45.9 Å². The fourth-order valence-corrected chi connectivity index (χ4v) is 3.87. The van der Waals surface area contributed by atoms with Gasteiger partial charge in [-0.15, -0.1) is 0 Å². The van der Waals surface area contributed by atoms with E-state index in [2.05, 4.69) is 31.8 Å². The van der Waals surface area contributed by atoms with E-state index in [4.69, 9.17) is 18.9 Å². The normalized spacial score (nSPS) is 13.3. The van der Waals surface area contributed by atoms with Gasteiger partial charge in [0.15, 0.2) is 23.0 Å². The molecule has 0 bridgehead atoms. The highest BCUT2D eigenvalue weighted by Crippen LogP contribution is 2.37. The number of nitrogens with one attached hydrogen (secondary N) is 2. The molecule has 2 N–H and O–H groups in total. The summed E-state index contributed by atoms with van der Waals surface area (Å²) in [5, 5.41) is 6.84. The van der Waals surface area contributed by atoms with Gasteiger partial charge in [-0.05, 0) is 78.5 Å². The Morgan fingerprint density at radius 1 is 1.14 bits per heavy atom. The van der Waals surface area contributed by atoms with Crippen LogP contribution in [0, 0.1) is 5.92 Å². The summed E-state index contributed by atoms with van der Waals surface area (Å²) >= 11 is 3.51. The number of hydrazone groups is 1. The Balaban J connectivity index is 1.68. The second-order valence-corrected chi connectivity index (χ2v) is 9.28. The van der Waals surface area contributed by atoms with Gasteiger partial charge < -0.3 is 24.3 Å². The zero-order chi connectivity index (χ0) is 25.5. The first-order valence-electron chi connectivity index (χ1n) is 11.4. The number of fused-ring (bicyclic) bond motifs is 1. The van der Waals surface area contributed by atoms with Crippen LogP contribution in [0.15, 0.2) is 39.9 Å². The molecule has 1 atom stereocenters. The zero-order valence-corrected chi connectivity index (χ0v) is 22.0. The highest BCUT2D eigenvalue weighted by molar-refractivity contribution is 9.10. The summed E-state index contributed by atoms with van der Waals surface area (Å²) in [5.41, 5.74) is 3.58. The molecule has 1 heterocycles. The second-order valence-electron chi connectivity index (χ2n) is 8.43. The van der Waals surface area contributed by atoms with E-state index in [9.17, 15) is 9.59 Å². The smallest absolute Gasteiger partial charge is 0.262 e. The average Bonchev–Trinajstić information content (AvgIpc) is 3.27. The van der Waals surface area contributed by atoms with Gasteiger partial charge in [-0.2, -0.15) is 5.10 Å². The quantitative estimate of drug-likeness (QED) is 0.339. The lowest BCUT2D eigenvalue weighted by atomic mass is 10.0. The van der Waals surface area contributed by atoms with E-state index >= 15 is 0 Å². The van der Waals surface area contributed by atoms with Crippen molar-refractivity contribution in [3.8, 4) is 23.0 Å². The summed E-state index contributed by atoms with van der Waals surface area (Å²) in [6, 6.07) is 7.68. The Morgan fingerprint density at radius 3 is 2.57 bits per heavy atom. The molecule has 0 aliphatic carbocycles. The van der Waals surface area contributed by atoms with Crippen LogP contribution in [0.3, 0.4) is 0 Å². The molecule has 1 unspecified atom stereocenters. The van der Waals surface area contributed by atoms with Crippen LogP contribution in [-0.2, 0) is 4.79 Å². The van der Waals surface area contributed by atoms with Crippen LogP contribution in [0.25, 0.3) is 0 Å². The largest absolute Gasteiger partial charge is 0.490 e. The summed E-state index contributed by atoms with van der Waals surface area (Å²) < 4.78 is 22.8. The number of hydrogen-bond donors (Lipinski definition) is 2. The first-order valence-corrected chi connectivity index (χ1v) is 12.1. The Bertz CT molecular complexity index is 1100. The highest BCUT2D eigenvalue weighted by Gasteiger charge is 2.25. The third kappa shape index (κ3) is 6.88. The van der Waals surface area contributed by atoms with Gasteiger partial charge in [0.2, 0.25) is 6.79 Å². The van der Waals surface area contributed by atoms with Crippen LogP contribution >= 0.6 is 15.9 Å². The number of nitrogens with zero attached hydrogens (tertiary/aromatic N) is 1. The number of rotatable bonds is 10. The molecule has 9 nitrogen and oxygen atoms in total. The topological polar surface area (TPSA) is 107 Å². The minimum atomic E-state index is -0.794. The molecular weight excluding hydrogens is 518 g/mol. The maximum Gasteiger partial charge on any atom is 0.262 e. The number of halogens is 1. The van der Waals surface area contributed by atoms with Crippen molar-refractivity contribution in [1.29, 1.82) is 0 Å². The predicted octanol–water partition coefficient (Wildman–Crippen LogP) is 4.27. The number of hydrogen-bond acceptors (Lipinski definition) is 7. The van der Waals surface area contributed by atoms with Crippen LogP contribution in [0.5, 0.6) is 23.0 Å². The van der Waals surface area contributed by atoms with Crippen molar-refractivity contribution in [2.75, 3.05) is 13.4 Å². The van der Waals surface area contributed by atoms with E-state index in [1.165, 1.54) is 6.21 Å². The molecule has 0 spiro atoms. The molecule has 188 valence electrons. The summed E-state index contributed by atoms with van der Waals surface area (Å²) in [5.74, 6) is 1.25. The van der Waals surface area contributed by atoms with E-state index in [-0.39, 0.29) is 18.8 Å². The molecule has 0 radical (unpaired) electrons. The van der Waals surface area contributed by atoms with Crippen LogP contribution in [0.1, 0.15) is 50.5 Å². The summed E-state index contributed by atoms with van der Waals surface area (Å²) in [4.78, 5) is 25.5. The van der Waals surface area contributed by atoms with Gasteiger partial charge in [-0.3, -0.25) is 9.59 Å². The van der Waals surface area contributed by atoms with Crippen molar-refractivity contribution in [2.45, 2.75) is 46.8 Å². The Kier molecular flexibility index (Phi) is 8.97.